The second-order valence-corrected chi connectivity index (χ2v) is 5.57. The molecule has 0 aromatic carbocycles. The number of hydrogen-bond donors (Lipinski definition) is 1. The fraction of sp³-hybridized carbons (Fsp3) is 1.00. The molecule has 0 aromatic rings. The van der Waals surface area contributed by atoms with Crippen LogP contribution in [0.3, 0.4) is 0 Å². The summed E-state index contributed by atoms with van der Waals surface area (Å²) in [4.78, 5) is 0. The van der Waals surface area contributed by atoms with E-state index in [0.717, 1.165) is 26.1 Å². The van der Waals surface area contributed by atoms with E-state index >= 15 is 0 Å². The van der Waals surface area contributed by atoms with E-state index < -0.39 is 9.73 Å². The maximum absolute atomic E-state index is 11.1. The van der Waals surface area contributed by atoms with Gasteiger partial charge >= 0.3 is 0 Å². The third-order valence-corrected chi connectivity index (χ3v) is 3.00. The fourth-order valence-electron chi connectivity index (χ4n) is 1.36. The summed E-state index contributed by atoms with van der Waals surface area (Å²) in [7, 11) is -2.28. The lowest BCUT2D eigenvalue weighted by atomic mass is 10.0. The molecule has 1 fully saturated rings. The zero-order valence-electron chi connectivity index (χ0n) is 6.84. The van der Waals surface area contributed by atoms with Gasteiger partial charge in [0.2, 0.25) is 0 Å². The summed E-state index contributed by atoms with van der Waals surface area (Å²) in [5.41, 5.74) is 0. The van der Waals surface area contributed by atoms with E-state index in [-0.39, 0.29) is 0 Å². The van der Waals surface area contributed by atoms with E-state index in [4.69, 9.17) is 9.52 Å². The SMILES string of the molecule is CS(=N)(=O)CC1CCOCC1. The molecule has 0 radical (unpaired) electrons. The van der Waals surface area contributed by atoms with E-state index in [0.29, 0.717) is 11.7 Å². The molecule has 1 unspecified atom stereocenters. The summed E-state index contributed by atoms with van der Waals surface area (Å²) >= 11 is 0. The van der Waals surface area contributed by atoms with Crippen LogP contribution in [-0.4, -0.2) is 29.4 Å². The molecule has 66 valence electrons. The summed E-state index contributed by atoms with van der Waals surface area (Å²) in [6.07, 6.45) is 3.47. The molecule has 11 heavy (non-hydrogen) atoms. The molecule has 0 saturated carbocycles. The molecular formula is C7H15NO2S. The van der Waals surface area contributed by atoms with Crippen molar-refractivity contribution in [3.05, 3.63) is 0 Å². The second-order valence-electron chi connectivity index (χ2n) is 3.23. The minimum atomic E-state index is -2.28. The Bertz CT molecular complexity index is 204. The zero-order valence-corrected chi connectivity index (χ0v) is 7.65. The van der Waals surface area contributed by atoms with E-state index in [1.165, 1.54) is 6.26 Å². The van der Waals surface area contributed by atoms with Crippen LogP contribution in [0.5, 0.6) is 0 Å². The van der Waals surface area contributed by atoms with Crippen molar-refractivity contribution >= 4 is 9.73 Å². The smallest absolute Gasteiger partial charge is 0.0469 e. The first kappa shape index (κ1) is 9.00. The van der Waals surface area contributed by atoms with Crippen LogP contribution in [0.1, 0.15) is 12.8 Å². The van der Waals surface area contributed by atoms with E-state index in [9.17, 15) is 4.21 Å². The minimum Gasteiger partial charge on any atom is -0.381 e. The maximum atomic E-state index is 11.1. The van der Waals surface area contributed by atoms with Crippen LogP contribution in [0.25, 0.3) is 0 Å². The van der Waals surface area contributed by atoms with E-state index in [1.54, 1.807) is 0 Å². The van der Waals surface area contributed by atoms with Gasteiger partial charge in [-0.15, -0.1) is 0 Å². The van der Waals surface area contributed by atoms with Gasteiger partial charge in [-0.05, 0) is 18.8 Å². The molecule has 0 bridgehead atoms. The monoisotopic (exact) mass is 177 g/mol. The number of nitrogens with one attached hydrogen (secondary N) is 1. The van der Waals surface area contributed by atoms with Crippen LogP contribution in [0.2, 0.25) is 0 Å². The van der Waals surface area contributed by atoms with Gasteiger partial charge in [0.05, 0.1) is 0 Å². The fourth-order valence-corrected chi connectivity index (χ4v) is 2.60. The molecule has 1 aliphatic heterocycles. The van der Waals surface area contributed by atoms with Gasteiger partial charge in [-0.3, -0.25) is 8.99 Å². The molecule has 1 atom stereocenters. The first-order valence-corrected chi connectivity index (χ1v) is 6.01. The molecule has 1 rings (SSSR count). The summed E-state index contributed by atoms with van der Waals surface area (Å²) in [6.45, 7) is 1.56. The Hall–Kier alpha value is -0.0900. The minimum absolute atomic E-state index is 0.457. The largest absolute Gasteiger partial charge is 0.381 e. The number of hydrogen-bond acceptors (Lipinski definition) is 3. The highest BCUT2D eigenvalue weighted by Crippen LogP contribution is 2.16. The Balaban J connectivity index is 2.36. The van der Waals surface area contributed by atoms with Crippen LogP contribution in [0.4, 0.5) is 0 Å². The van der Waals surface area contributed by atoms with Gasteiger partial charge in [-0.25, -0.2) is 0 Å². The molecular weight excluding hydrogens is 162 g/mol. The quantitative estimate of drug-likeness (QED) is 0.686. The molecule has 0 aromatic heterocycles. The Kier molecular flexibility index (Phi) is 2.90. The summed E-state index contributed by atoms with van der Waals surface area (Å²) in [6, 6.07) is 0. The van der Waals surface area contributed by atoms with Gasteiger partial charge < -0.3 is 4.74 Å². The third kappa shape index (κ3) is 3.72. The lowest BCUT2D eigenvalue weighted by Crippen LogP contribution is -2.22. The Morgan fingerprint density at radius 1 is 1.55 bits per heavy atom. The van der Waals surface area contributed by atoms with Crippen LogP contribution >= 0.6 is 0 Å². The predicted octanol–water partition coefficient (Wildman–Crippen LogP) is 1.09. The summed E-state index contributed by atoms with van der Waals surface area (Å²) in [5, 5.41) is 0. The second kappa shape index (κ2) is 3.54. The Morgan fingerprint density at radius 2 is 2.09 bits per heavy atom. The van der Waals surface area contributed by atoms with E-state index in [1.807, 2.05) is 0 Å². The normalized spacial score (nSPS) is 26.3. The lowest BCUT2D eigenvalue weighted by Gasteiger charge is -2.21. The number of ether oxygens (including phenoxy) is 1. The highest BCUT2D eigenvalue weighted by Gasteiger charge is 2.16. The van der Waals surface area contributed by atoms with Crippen molar-refractivity contribution < 1.29 is 8.95 Å². The topological polar surface area (TPSA) is 50.2 Å². The molecule has 4 heteroatoms. The van der Waals surface area contributed by atoms with Gasteiger partial charge in [0, 0.05) is 35.0 Å². The van der Waals surface area contributed by atoms with Crippen molar-refractivity contribution in [3.8, 4) is 0 Å². The number of rotatable bonds is 2. The molecule has 0 aliphatic carbocycles. The van der Waals surface area contributed by atoms with Crippen LogP contribution in [0, 0.1) is 10.7 Å². The highest BCUT2D eigenvalue weighted by atomic mass is 32.2. The maximum Gasteiger partial charge on any atom is 0.0469 e. The zero-order chi connectivity index (χ0) is 8.32. The summed E-state index contributed by atoms with van der Waals surface area (Å²) < 4.78 is 23.5. The van der Waals surface area contributed by atoms with E-state index in [2.05, 4.69) is 0 Å². The molecule has 0 spiro atoms. The Morgan fingerprint density at radius 3 is 2.55 bits per heavy atom. The molecule has 1 heterocycles. The first-order chi connectivity index (χ1) is 5.08. The predicted molar refractivity (Wildman–Crippen MR) is 45.2 cm³/mol. The lowest BCUT2D eigenvalue weighted by molar-refractivity contribution is 0.0725. The van der Waals surface area contributed by atoms with Crippen molar-refractivity contribution in [2.45, 2.75) is 12.8 Å². The van der Waals surface area contributed by atoms with Crippen molar-refractivity contribution in [2.75, 3.05) is 25.2 Å². The molecule has 1 saturated heterocycles. The standard InChI is InChI=1S/C7H15NO2S/c1-11(8,9)6-7-2-4-10-5-3-7/h7-8H,2-6H2,1H3. The first-order valence-electron chi connectivity index (χ1n) is 3.87. The van der Waals surface area contributed by atoms with Gasteiger partial charge in [-0.2, -0.15) is 0 Å². The van der Waals surface area contributed by atoms with Crippen LogP contribution < -0.4 is 0 Å². The van der Waals surface area contributed by atoms with Gasteiger partial charge in [0.1, 0.15) is 0 Å². The third-order valence-electron chi connectivity index (χ3n) is 1.89. The molecule has 0 amide bonds. The van der Waals surface area contributed by atoms with Gasteiger partial charge in [0.15, 0.2) is 0 Å². The van der Waals surface area contributed by atoms with Gasteiger partial charge in [-0.1, -0.05) is 0 Å². The van der Waals surface area contributed by atoms with Crippen molar-refractivity contribution in [1.29, 1.82) is 4.78 Å². The molecule has 1 N–H and O–H groups in total. The van der Waals surface area contributed by atoms with Gasteiger partial charge in [0.25, 0.3) is 0 Å². The van der Waals surface area contributed by atoms with Crippen molar-refractivity contribution in [3.63, 3.8) is 0 Å². The average molecular weight is 177 g/mol. The van der Waals surface area contributed by atoms with Crippen LogP contribution in [-0.2, 0) is 14.5 Å². The average Bonchev–Trinajstić information content (AvgIpc) is 1.85. The molecule has 3 nitrogen and oxygen atoms in total. The van der Waals surface area contributed by atoms with Crippen molar-refractivity contribution in [1.82, 2.24) is 0 Å². The summed E-state index contributed by atoms with van der Waals surface area (Å²) in [5.74, 6) is 1.01. The van der Waals surface area contributed by atoms with Crippen molar-refractivity contribution in [2.24, 2.45) is 5.92 Å². The van der Waals surface area contributed by atoms with Crippen LogP contribution in [0.15, 0.2) is 0 Å². The molecule has 1 aliphatic rings. The highest BCUT2D eigenvalue weighted by molar-refractivity contribution is 7.91. The Labute approximate surface area is 68.1 Å².